The summed E-state index contributed by atoms with van der Waals surface area (Å²) in [5.74, 6) is 0.0162. The Labute approximate surface area is 136 Å². The van der Waals surface area contributed by atoms with E-state index < -0.39 is 6.10 Å². The molecule has 0 bridgehead atoms. The van der Waals surface area contributed by atoms with Crippen molar-refractivity contribution in [1.29, 1.82) is 0 Å². The van der Waals surface area contributed by atoms with Gasteiger partial charge in [0.15, 0.2) is 6.10 Å². The zero-order chi connectivity index (χ0) is 17.0. The highest BCUT2D eigenvalue weighted by Crippen LogP contribution is 2.24. The molecule has 0 saturated heterocycles. The Kier molecular flexibility index (Phi) is 5.04. The molecule has 0 heterocycles. The summed E-state index contributed by atoms with van der Waals surface area (Å²) in [7, 11) is 0. The number of rotatable bonds is 4. The molecular weight excluding hydrogens is 293 g/mol. The summed E-state index contributed by atoms with van der Waals surface area (Å²) in [6, 6.07) is 13.3. The molecule has 0 radical (unpaired) electrons. The van der Waals surface area contributed by atoms with Crippen molar-refractivity contribution in [1.82, 2.24) is 0 Å². The van der Waals surface area contributed by atoms with Crippen LogP contribution in [0.15, 0.2) is 48.5 Å². The maximum atomic E-state index is 12.8. The van der Waals surface area contributed by atoms with Gasteiger partial charge in [-0.25, -0.2) is 4.39 Å². The van der Waals surface area contributed by atoms with Crippen LogP contribution in [0.3, 0.4) is 0 Å². The maximum absolute atomic E-state index is 12.8. The van der Waals surface area contributed by atoms with Gasteiger partial charge in [0.25, 0.3) is 5.91 Å². The average molecular weight is 315 g/mol. The average Bonchev–Trinajstić information content (AvgIpc) is 2.49. The highest BCUT2D eigenvalue weighted by Gasteiger charge is 2.16. The molecule has 1 N–H and O–H groups in total. The normalized spacial score (nSPS) is 12.6. The topological polar surface area (TPSA) is 38.3 Å². The molecule has 1 atom stereocenters. The highest BCUT2D eigenvalue weighted by atomic mass is 19.1. The van der Waals surface area contributed by atoms with Crippen LogP contribution in [0, 0.1) is 5.82 Å². The number of carbonyl (C=O) groups excluding carboxylic acids is 1. The first-order valence-electron chi connectivity index (χ1n) is 7.59. The summed E-state index contributed by atoms with van der Waals surface area (Å²) in [5.41, 5.74) is 1.81. The summed E-state index contributed by atoms with van der Waals surface area (Å²) in [5, 5.41) is 2.69. The van der Waals surface area contributed by atoms with Gasteiger partial charge < -0.3 is 10.1 Å². The van der Waals surface area contributed by atoms with E-state index in [1.807, 2.05) is 24.3 Å². The minimum Gasteiger partial charge on any atom is -0.481 e. The number of hydrogen-bond donors (Lipinski definition) is 1. The fraction of sp³-hybridized carbons (Fsp3) is 0.316. The number of hydrogen-bond acceptors (Lipinski definition) is 2. The van der Waals surface area contributed by atoms with E-state index in [1.165, 1.54) is 29.8 Å². The zero-order valence-electron chi connectivity index (χ0n) is 13.9. The van der Waals surface area contributed by atoms with Crippen molar-refractivity contribution in [2.24, 2.45) is 0 Å². The van der Waals surface area contributed by atoms with Gasteiger partial charge in [0, 0.05) is 5.69 Å². The van der Waals surface area contributed by atoms with Gasteiger partial charge in [-0.2, -0.15) is 0 Å². The van der Waals surface area contributed by atoms with Gasteiger partial charge in [0.2, 0.25) is 0 Å². The monoisotopic (exact) mass is 315 g/mol. The third-order valence-corrected chi connectivity index (χ3v) is 3.51. The smallest absolute Gasteiger partial charge is 0.265 e. The van der Waals surface area contributed by atoms with E-state index in [1.54, 1.807) is 6.92 Å². The van der Waals surface area contributed by atoms with E-state index >= 15 is 0 Å². The number of halogens is 1. The molecule has 0 spiro atoms. The lowest BCUT2D eigenvalue weighted by molar-refractivity contribution is -0.122. The molecule has 23 heavy (non-hydrogen) atoms. The Balaban J connectivity index is 1.96. The largest absolute Gasteiger partial charge is 0.481 e. The van der Waals surface area contributed by atoms with Crippen molar-refractivity contribution in [2.45, 2.75) is 39.2 Å². The van der Waals surface area contributed by atoms with Crippen LogP contribution in [-0.4, -0.2) is 12.0 Å². The minimum absolute atomic E-state index is 0.0735. The van der Waals surface area contributed by atoms with E-state index in [0.717, 1.165) is 0 Å². The quantitative estimate of drug-likeness (QED) is 0.900. The Morgan fingerprint density at radius 2 is 1.61 bits per heavy atom. The van der Waals surface area contributed by atoms with Crippen LogP contribution in [0.2, 0.25) is 0 Å². The summed E-state index contributed by atoms with van der Waals surface area (Å²) < 4.78 is 18.5. The summed E-state index contributed by atoms with van der Waals surface area (Å²) in [4.78, 5) is 12.1. The van der Waals surface area contributed by atoms with Crippen molar-refractivity contribution in [3.05, 3.63) is 59.9 Å². The van der Waals surface area contributed by atoms with Gasteiger partial charge >= 0.3 is 0 Å². The Hall–Kier alpha value is -2.36. The second-order valence-electron chi connectivity index (χ2n) is 6.53. The Morgan fingerprint density at radius 1 is 1.04 bits per heavy atom. The predicted molar refractivity (Wildman–Crippen MR) is 90.3 cm³/mol. The molecule has 3 nitrogen and oxygen atoms in total. The van der Waals surface area contributed by atoms with E-state index in [-0.39, 0.29) is 17.1 Å². The zero-order valence-corrected chi connectivity index (χ0v) is 13.9. The van der Waals surface area contributed by atoms with Gasteiger partial charge in [-0.05, 0) is 54.3 Å². The van der Waals surface area contributed by atoms with Gasteiger partial charge in [0.1, 0.15) is 11.6 Å². The summed E-state index contributed by atoms with van der Waals surface area (Å²) in [6.07, 6.45) is -0.652. The molecule has 2 aromatic rings. The summed E-state index contributed by atoms with van der Waals surface area (Å²) in [6.45, 7) is 8.10. The van der Waals surface area contributed by atoms with Crippen LogP contribution in [0.5, 0.6) is 5.75 Å². The number of benzene rings is 2. The highest BCUT2D eigenvalue weighted by molar-refractivity contribution is 5.94. The van der Waals surface area contributed by atoms with Crippen molar-refractivity contribution in [3.8, 4) is 5.75 Å². The first-order chi connectivity index (χ1) is 10.8. The molecule has 0 aromatic heterocycles. The van der Waals surface area contributed by atoms with E-state index in [4.69, 9.17) is 4.74 Å². The van der Waals surface area contributed by atoms with E-state index in [2.05, 4.69) is 26.1 Å². The fourth-order valence-corrected chi connectivity index (χ4v) is 2.07. The van der Waals surface area contributed by atoms with Crippen LogP contribution in [-0.2, 0) is 10.2 Å². The van der Waals surface area contributed by atoms with Crippen molar-refractivity contribution in [3.63, 3.8) is 0 Å². The predicted octanol–water partition coefficient (Wildman–Crippen LogP) is 4.53. The van der Waals surface area contributed by atoms with Gasteiger partial charge in [-0.1, -0.05) is 32.9 Å². The Morgan fingerprint density at radius 3 is 2.13 bits per heavy atom. The second-order valence-corrected chi connectivity index (χ2v) is 6.53. The molecule has 0 aliphatic heterocycles. The third kappa shape index (κ3) is 4.81. The molecule has 0 fully saturated rings. The van der Waals surface area contributed by atoms with Crippen LogP contribution in [0.4, 0.5) is 10.1 Å². The molecular formula is C19H22FNO2. The number of carbonyl (C=O) groups is 1. The van der Waals surface area contributed by atoms with Crippen LogP contribution in [0.25, 0.3) is 0 Å². The molecule has 0 aliphatic rings. The molecule has 1 unspecified atom stereocenters. The molecule has 2 aromatic carbocycles. The second kappa shape index (κ2) is 6.82. The van der Waals surface area contributed by atoms with Gasteiger partial charge in [-0.3, -0.25) is 4.79 Å². The lowest BCUT2D eigenvalue weighted by Gasteiger charge is -2.20. The SMILES string of the molecule is CC(Oc1ccc(C(C)(C)C)cc1)C(=O)Nc1ccc(F)cc1. The van der Waals surface area contributed by atoms with E-state index in [9.17, 15) is 9.18 Å². The van der Waals surface area contributed by atoms with Gasteiger partial charge in [0.05, 0.1) is 0 Å². The molecule has 1 amide bonds. The number of anilines is 1. The molecule has 0 saturated carbocycles. The van der Waals surface area contributed by atoms with Crippen molar-refractivity contribution < 1.29 is 13.9 Å². The third-order valence-electron chi connectivity index (χ3n) is 3.51. The summed E-state index contributed by atoms with van der Waals surface area (Å²) >= 11 is 0. The molecule has 2 rings (SSSR count). The molecule has 122 valence electrons. The molecule has 0 aliphatic carbocycles. The fourth-order valence-electron chi connectivity index (χ4n) is 2.07. The van der Waals surface area contributed by atoms with E-state index in [0.29, 0.717) is 11.4 Å². The standard InChI is InChI=1S/C19H22FNO2/c1-13(18(22)21-16-9-7-15(20)8-10-16)23-17-11-5-14(6-12-17)19(2,3)4/h5-13H,1-4H3,(H,21,22). The Bertz CT molecular complexity index is 657. The minimum atomic E-state index is -0.652. The first-order valence-corrected chi connectivity index (χ1v) is 7.59. The lowest BCUT2D eigenvalue weighted by Crippen LogP contribution is -2.30. The van der Waals surface area contributed by atoms with Crippen LogP contribution in [0.1, 0.15) is 33.3 Å². The van der Waals surface area contributed by atoms with Crippen LogP contribution < -0.4 is 10.1 Å². The number of ether oxygens (including phenoxy) is 1. The van der Waals surface area contributed by atoms with Crippen molar-refractivity contribution >= 4 is 11.6 Å². The first kappa shape index (κ1) is 17.0. The molecule has 4 heteroatoms. The number of amides is 1. The lowest BCUT2D eigenvalue weighted by atomic mass is 9.87. The van der Waals surface area contributed by atoms with Gasteiger partial charge in [-0.15, -0.1) is 0 Å². The van der Waals surface area contributed by atoms with Crippen LogP contribution >= 0.6 is 0 Å². The number of nitrogens with one attached hydrogen (secondary N) is 1. The maximum Gasteiger partial charge on any atom is 0.265 e. The van der Waals surface area contributed by atoms with Crippen molar-refractivity contribution in [2.75, 3.05) is 5.32 Å².